The van der Waals surface area contributed by atoms with Crippen LogP contribution in [0, 0.1) is 0 Å². The molecule has 0 aromatic heterocycles. The molecule has 0 atom stereocenters. The second-order valence-corrected chi connectivity index (χ2v) is 6.50. The third-order valence-corrected chi connectivity index (χ3v) is 4.11. The van der Waals surface area contributed by atoms with Gasteiger partial charge in [-0.3, -0.25) is 10.2 Å². The smallest absolute Gasteiger partial charge is 0.426 e. The van der Waals surface area contributed by atoms with Crippen molar-refractivity contribution in [1.82, 2.24) is 10.9 Å². The number of hydrazine groups is 1. The molecule has 0 saturated carbocycles. The van der Waals surface area contributed by atoms with E-state index in [0.717, 1.165) is 37.5 Å². The van der Waals surface area contributed by atoms with Crippen molar-refractivity contribution in [2.24, 2.45) is 0 Å². The number of unbranched alkanes of at least 4 members (excludes halogenated alkanes) is 2. The number of rotatable bonds is 8. The van der Waals surface area contributed by atoms with Crippen molar-refractivity contribution >= 4 is 18.1 Å². The molecule has 30 heavy (non-hydrogen) atoms. The number of carbonyl (C=O) groups is 2. The van der Waals surface area contributed by atoms with Crippen molar-refractivity contribution in [3.63, 3.8) is 0 Å². The zero-order valence-electron chi connectivity index (χ0n) is 16.2. The summed E-state index contributed by atoms with van der Waals surface area (Å²) in [6.07, 6.45) is 0.493. The van der Waals surface area contributed by atoms with Crippen LogP contribution in [-0.2, 0) is 22.1 Å². The van der Waals surface area contributed by atoms with Gasteiger partial charge in [0.25, 0.3) is 5.91 Å². The number of alkyl halides is 3. The number of halogens is 3. The lowest BCUT2D eigenvalue weighted by atomic mass is 10.1. The Hall–Kier alpha value is -3.29. The van der Waals surface area contributed by atoms with E-state index in [1.54, 1.807) is 0 Å². The summed E-state index contributed by atoms with van der Waals surface area (Å²) in [5.41, 5.74) is 4.84. The zero-order chi connectivity index (χ0) is 21.8. The molecule has 0 bridgehead atoms. The monoisotopic (exact) mass is 420 g/mol. The van der Waals surface area contributed by atoms with Gasteiger partial charge in [-0.1, -0.05) is 42.5 Å². The molecule has 0 fully saturated rings. The van der Waals surface area contributed by atoms with Crippen molar-refractivity contribution in [3.05, 3.63) is 77.4 Å². The van der Waals surface area contributed by atoms with E-state index in [2.05, 4.69) is 23.0 Å². The highest BCUT2D eigenvalue weighted by molar-refractivity contribution is 5.92. The topological polar surface area (TPSA) is 67.4 Å². The Morgan fingerprint density at radius 2 is 1.70 bits per heavy atom. The predicted octanol–water partition coefficient (Wildman–Crippen LogP) is 4.89. The Morgan fingerprint density at radius 1 is 0.933 bits per heavy atom. The molecule has 8 heteroatoms. The predicted molar refractivity (Wildman–Crippen MR) is 107 cm³/mol. The number of nitrogens with one attached hydrogen (secondary N) is 2. The summed E-state index contributed by atoms with van der Waals surface area (Å²) in [6.45, 7) is 0.219. The van der Waals surface area contributed by atoms with E-state index in [-0.39, 0.29) is 12.2 Å². The molecule has 2 aromatic rings. The maximum Gasteiger partial charge on any atom is 0.426 e. The number of carbonyl (C=O) groups excluding carboxylic acids is 2. The lowest BCUT2D eigenvalue weighted by Crippen LogP contribution is -2.41. The highest BCUT2D eigenvalue weighted by atomic mass is 19.4. The summed E-state index contributed by atoms with van der Waals surface area (Å²) in [5.74, 6) is -0.702. The van der Waals surface area contributed by atoms with Crippen LogP contribution in [0.1, 0.15) is 36.0 Å². The maximum absolute atomic E-state index is 12.7. The summed E-state index contributed by atoms with van der Waals surface area (Å²) in [6, 6.07) is 14.6. The molecule has 0 heterocycles. The van der Waals surface area contributed by atoms with Gasteiger partial charge in [0.2, 0.25) is 0 Å². The van der Waals surface area contributed by atoms with E-state index >= 15 is 0 Å². The molecule has 0 saturated heterocycles. The van der Waals surface area contributed by atoms with Crippen LogP contribution >= 0.6 is 0 Å². The van der Waals surface area contributed by atoms with Gasteiger partial charge in [0.15, 0.2) is 0 Å². The Morgan fingerprint density at radius 3 is 2.43 bits per heavy atom. The van der Waals surface area contributed by atoms with E-state index in [0.29, 0.717) is 6.42 Å². The normalized spacial score (nSPS) is 11.3. The Kier molecular flexibility index (Phi) is 8.93. The van der Waals surface area contributed by atoms with Gasteiger partial charge in [0, 0.05) is 6.08 Å². The molecule has 0 aliphatic rings. The average molecular weight is 420 g/mol. The molecule has 160 valence electrons. The molecule has 2 rings (SSSR count). The van der Waals surface area contributed by atoms with Gasteiger partial charge in [-0.2, -0.15) is 13.2 Å². The van der Waals surface area contributed by atoms with Crippen molar-refractivity contribution in [1.29, 1.82) is 0 Å². The second-order valence-electron chi connectivity index (χ2n) is 6.50. The Labute approximate surface area is 172 Å². The fraction of sp³-hybridized carbons (Fsp3) is 0.273. The minimum absolute atomic E-state index is 0.207. The first-order valence-corrected chi connectivity index (χ1v) is 9.46. The van der Waals surface area contributed by atoms with E-state index in [1.807, 2.05) is 18.2 Å². The molecule has 2 amide bonds. The van der Waals surface area contributed by atoms with Gasteiger partial charge in [-0.05, 0) is 55.0 Å². The van der Waals surface area contributed by atoms with Crippen molar-refractivity contribution < 1.29 is 27.5 Å². The molecule has 0 aliphatic heterocycles. The fourth-order valence-electron chi connectivity index (χ4n) is 2.60. The fourth-order valence-corrected chi connectivity index (χ4v) is 2.60. The molecule has 5 nitrogen and oxygen atoms in total. The molecule has 0 radical (unpaired) electrons. The number of hydrogen-bond acceptors (Lipinski definition) is 3. The highest BCUT2D eigenvalue weighted by Crippen LogP contribution is 2.29. The minimum atomic E-state index is -4.46. The van der Waals surface area contributed by atoms with Gasteiger partial charge in [-0.25, -0.2) is 10.2 Å². The summed E-state index contributed by atoms with van der Waals surface area (Å²) >= 11 is 0. The first kappa shape index (κ1) is 23.0. The zero-order valence-corrected chi connectivity index (χ0v) is 16.2. The Bertz CT molecular complexity index is 852. The summed E-state index contributed by atoms with van der Waals surface area (Å²) < 4.78 is 42.9. The third kappa shape index (κ3) is 8.81. The standard InChI is InChI=1S/C22H23F3N2O3/c23-22(24,25)19-12-7-11-18(16-19)13-14-20(28)26-27-21(29)30-15-6-2-5-10-17-8-3-1-4-9-17/h1,3-4,7-9,11-14,16H,2,5-6,10,15H2,(H,26,28)(H,27,29). The van der Waals surface area contributed by atoms with E-state index in [4.69, 9.17) is 4.74 Å². The van der Waals surface area contributed by atoms with Crippen LogP contribution in [0.15, 0.2) is 60.7 Å². The van der Waals surface area contributed by atoms with E-state index in [1.165, 1.54) is 23.8 Å². The second kappa shape index (κ2) is 11.6. The van der Waals surface area contributed by atoms with Crippen molar-refractivity contribution in [2.75, 3.05) is 6.61 Å². The van der Waals surface area contributed by atoms with E-state index in [9.17, 15) is 22.8 Å². The number of aryl methyl sites for hydroxylation is 1. The summed E-state index contributed by atoms with van der Waals surface area (Å²) in [5, 5.41) is 0. The molecule has 2 N–H and O–H groups in total. The number of ether oxygens (including phenoxy) is 1. The number of amides is 2. The van der Waals surface area contributed by atoms with E-state index < -0.39 is 23.7 Å². The quantitative estimate of drug-likeness (QED) is 0.363. The first-order valence-electron chi connectivity index (χ1n) is 9.46. The summed E-state index contributed by atoms with van der Waals surface area (Å²) in [4.78, 5) is 23.2. The van der Waals surface area contributed by atoms with Gasteiger partial charge >= 0.3 is 12.3 Å². The highest BCUT2D eigenvalue weighted by Gasteiger charge is 2.30. The van der Waals surface area contributed by atoms with Crippen LogP contribution in [0.4, 0.5) is 18.0 Å². The minimum Gasteiger partial charge on any atom is -0.448 e. The number of hydrogen-bond donors (Lipinski definition) is 2. The van der Waals surface area contributed by atoms with Crippen LogP contribution in [0.5, 0.6) is 0 Å². The van der Waals surface area contributed by atoms with Gasteiger partial charge < -0.3 is 4.74 Å². The van der Waals surface area contributed by atoms with Crippen LogP contribution in [-0.4, -0.2) is 18.6 Å². The Balaban J connectivity index is 1.60. The first-order chi connectivity index (χ1) is 14.3. The number of benzene rings is 2. The molecule has 0 unspecified atom stereocenters. The molecular weight excluding hydrogens is 397 g/mol. The maximum atomic E-state index is 12.7. The summed E-state index contributed by atoms with van der Waals surface area (Å²) in [7, 11) is 0. The lowest BCUT2D eigenvalue weighted by molar-refractivity contribution is -0.137. The largest absolute Gasteiger partial charge is 0.448 e. The lowest BCUT2D eigenvalue weighted by Gasteiger charge is -2.07. The third-order valence-electron chi connectivity index (χ3n) is 4.11. The molecule has 2 aromatic carbocycles. The van der Waals surface area contributed by atoms with Gasteiger partial charge in [0.1, 0.15) is 0 Å². The van der Waals surface area contributed by atoms with Crippen LogP contribution in [0.3, 0.4) is 0 Å². The molecule has 0 spiro atoms. The SMILES string of the molecule is O=C(C=Cc1cccc(C(F)(F)F)c1)NNC(=O)OCCCCCc1ccccc1. The molecular formula is C22H23F3N2O3. The van der Waals surface area contributed by atoms with Crippen LogP contribution in [0.25, 0.3) is 6.08 Å². The van der Waals surface area contributed by atoms with Crippen LogP contribution in [0.2, 0.25) is 0 Å². The van der Waals surface area contributed by atoms with Crippen LogP contribution < -0.4 is 10.9 Å². The van der Waals surface area contributed by atoms with Crippen molar-refractivity contribution in [3.8, 4) is 0 Å². The van der Waals surface area contributed by atoms with Crippen molar-refractivity contribution in [2.45, 2.75) is 31.9 Å². The average Bonchev–Trinajstić information content (AvgIpc) is 2.73. The van der Waals surface area contributed by atoms with Gasteiger partial charge in [0.05, 0.1) is 12.2 Å². The van der Waals surface area contributed by atoms with Gasteiger partial charge in [-0.15, -0.1) is 0 Å². The molecule has 0 aliphatic carbocycles.